The minimum absolute atomic E-state index is 0.0311. The van der Waals surface area contributed by atoms with Crippen LogP contribution in [-0.2, 0) is 5.54 Å². The second kappa shape index (κ2) is 2.82. The summed E-state index contributed by atoms with van der Waals surface area (Å²) in [5.74, 6) is 0. The molecule has 2 rings (SSSR count). The summed E-state index contributed by atoms with van der Waals surface area (Å²) in [4.78, 5) is 0. The highest BCUT2D eigenvalue weighted by Gasteiger charge is 2.42. The van der Waals surface area contributed by atoms with Crippen molar-refractivity contribution in [3.05, 3.63) is 33.3 Å². The predicted molar refractivity (Wildman–Crippen MR) is 58.7 cm³/mol. The minimum atomic E-state index is -0.0311. The Labute approximate surface area is 87.5 Å². The highest BCUT2D eigenvalue weighted by Crippen LogP contribution is 2.47. The molecule has 0 aliphatic heterocycles. The maximum Gasteiger partial charge on any atom is 0.0425 e. The molecule has 1 aliphatic carbocycles. The molecule has 0 atom stereocenters. The average Bonchev–Trinajstić information content (AvgIpc) is 2.65. The van der Waals surface area contributed by atoms with Crippen LogP contribution in [-0.4, -0.2) is 0 Å². The Bertz CT molecular complexity index is 330. The molecule has 0 saturated heterocycles. The lowest BCUT2D eigenvalue weighted by Gasteiger charge is -2.15. The van der Waals surface area contributed by atoms with Gasteiger partial charge in [0.05, 0.1) is 0 Å². The van der Waals surface area contributed by atoms with E-state index in [0.717, 1.165) is 12.8 Å². The number of halogens is 1. The summed E-state index contributed by atoms with van der Waals surface area (Å²) in [6.07, 6.45) is 2.24. The van der Waals surface area contributed by atoms with Crippen molar-refractivity contribution in [2.75, 3.05) is 0 Å². The van der Waals surface area contributed by atoms with E-state index in [9.17, 15) is 0 Å². The molecule has 0 amide bonds. The Morgan fingerprint density at radius 3 is 2.38 bits per heavy atom. The van der Waals surface area contributed by atoms with Crippen LogP contribution in [0.1, 0.15) is 29.5 Å². The molecule has 2 heteroatoms. The lowest BCUT2D eigenvalue weighted by atomic mass is 9.98. The molecule has 1 aromatic rings. The van der Waals surface area contributed by atoms with E-state index in [1.54, 1.807) is 0 Å². The zero-order chi connectivity index (χ0) is 9.64. The maximum atomic E-state index is 6.19. The van der Waals surface area contributed by atoms with E-state index in [4.69, 9.17) is 5.73 Å². The van der Waals surface area contributed by atoms with Crippen LogP contribution in [0.25, 0.3) is 0 Å². The molecule has 1 aliphatic rings. The average molecular weight is 240 g/mol. The van der Waals surface area contributed by atoms with E-state index in [-0.39, 0.29) is 5.54 Å². The van der Waals surface area contributed by atoms with E-state index in [0.29, 0.717) is 0 Å². The topological polar surface area (TPSA) is 26.0 Å². The Hall–Kier alpha value is -0.340. The van der Waals surface area contributed by atoms with Gasteiger partial charge in [0.1, 0.15) is 0 Å². The second-order valence-electron chi connectivity index (χ2n) is 4.09. The zero-order valence-corrected chi connectivity index (χ0v) is 9.61. The van der Waals surface area contributed by atoms with Crippen LogP contribution in [0.3, 0.4) is 0 Å². The molecule has 1 saturated carbocycles. The summed E-state index contributed by atoms with van der Waals surface area (Å²) in [5.41, 5.74) is 10.1. The van der Waals surface area contributed by atoms with Crippen molar-refractivity contribution in [1.29, 1.82) is 0 Å². The molecular weight excluding hydrogens is 226 g/mol. The predicted octanol–water partition coefficient (Wildman–Crippen LogP) is 3.01. The molecular formula is C11H14BrN. The van der Waals surface area contributed by atoms with Gasteiger partial charge in [-0.3, -0.25) is 0 Å². The van der Waals surface area contributed by atoms with E-state index < -0.39 is 0 Å². The van der Waals surface area contributed by atoms with Crippen LogP contribution < -0.4 is 5.73 Å². The molecule has 1 fully saturated rings. The van der Waals surface area contributed by atoms with E-state index in [1.807, 2.05) is 0 Å². The van der Waals surface area contributed by atoms with Gasteiger partial charge in [0.15, 0.2) is 0 Å². The van der Waals surface area contributed by atoms with E-state index >= 15 is 0 Å². The fraction of sp³-hybridized carbons (Fsp3) is 0.455. The van der Waals surface area contributed by atoms with Crippen molar-refractivity contribution in [2.45, 2.75) is 32.2 Å². The Kier molecular flexibility index (Phi) is 2.00. The van der Waals surface area contributed by atoms with Gasteiger partial charge >= 0.3 is 0 Å². The Morgan fingerprint density at radius 2 is 1.92 bits per heavy atom. The van der Waals surface area contributed by atoms with Gasteiger partial charge in [-0.05, 0) is 49.4 Å². The molecule has 1 aromatic carbocycles. The van der Waals surface area contributed by atoms with Crippen molar-refractivity contribution in [3.63, 3.8) is 0 Å². The number of hydrogen-bond donors (Lipinski definition) is 1. The first-order chi connectivity index (χ1) is 6.03. The minimum Gasteiger partial charge on any atom is -0.321 e. The lowest BCUT2D eigenvalue weighted by molar-refractivity contribution is 0.728. The molecule has 0 aromatic heterocycles. The normalized spacial score (nSPS) is 18.8. The number of nitrogens with two attached hydrogens (primary N) is 1. The Balaban J connectivity index is 2.57. The summed E-state index contributed by atoms with van der Waals surface area (Å²) in [6, 6.07) is 4.35. The summed E-state index contributed by atoms with van der Waals surface area (Å²) in [6.45, 7) is 4.25. The standard InChI is InChI=1S/C11H14BrN/c1-7-5-8(2)10(9(12)6-7)11(13)3-4-11/h5-6H,3-4,13H2,1-2H3. The Morgan fingerprint density at radius 1 is 1.31 bits per heavy atom. The van der Waals surface area contributed by atoms with Crippen LogP contribution in [0.5, 0.6) is 0 Å². The van der Waals surface area contributed by atoms with Gasteiger partial charge in [-0.1, -0.05) is 22.0 Å². The van der Waals surface area contributed by atoms with Gasteiger partial charge in [-0.25, -0.2) is 0 Å². The van der Waals surface area contributed by atoms with Crippen LogP contribution in [0.2, 0.25) is 0 Å². The van der Waals surface area contributed by atoms with Crippen molar-refractivity contribution in [1.82, 2.24) is 0 Å². The first-order valence-corrected chi connectivity index (χ1v) is 5.38. The lowest BCUT2D eigenvalue weighted by Crippen LogP contribution is -2.20. The SMILES string of the molecule is Cc1cc(C)c(C2(N)CC2)c(Br)c1. The molecule has 0 radical (unpaired) electrons. The summed E-state index contributed by atoms with van der Waals surface area (Å²) >= 11 is 3.59. The molecule has 70 valence electrons. The first kappa shape index (κ1) is 9.22. The van der Waals surface area contributed by atoms with Gasteiger partial charge in [-0.2, -0.15) is 0 Å². The molecule has 0 heterocycles. The fourth-order valence-corrected chi connectivity index (χ4v) is 3.00. The molecule has 2 N–H and O–H groups in total. The highest BCUT2D eigenvalue weighted by atomic mass is 79.9. The van der Waals surface area contributed by atoms with Gasteiger partial charge in [0.2, 0.25) is 0 Å². The van der Waals surface area contributed by atoms with Gasteiger partial charge in [-0.15, -0.1) is 0 Å². The van der Waals surface area contributed by atoms with Crippen molar-refractivity contribution in [3.8, 4) is 0 Å². The van der Waals surface area contributed by atoms with Crippen molar-refractivity contribution >= 4 is 15.9 Å². The third-order valence-electron chi connectivity index (χ3n) is 2.72. The van der Waals surface area contributed by atoms with Crippen LogP contribution in [0.4, 0.5) is 0 Å². The number of aryl methyl sites for hydroxylation is 2. The molecule has 13 heavy (non-hydrogen) atoms. The van der Waals surface area contributed by atoms with Gasteiger partial charge in [0.25, 0.3) is 0 Å². The van der Waals surface area contributed by atoms with E-state index in [1.165, 1.54) is 21.2 Å². The fourth-order valence-electron chi connectivity index (χ4n) is 1.93. The smallest absolute Gasteiger partial charge is 0.0425 e. The second-order valence-corrected chi connectivity index (χ2v) is 4.95. The van der Waals surface area contributed by atoms with E-state index in [2.05, 4.69) is 41.9 Å². The number of rotatable bonds is 1. The largest absolute Gasteiger partial charge is 0.321 e. The van der Waals surface area contributed by atoms with Gasteiger partial charge < -0.3 is 5.73 Å². The van der Waals surface area contributed by atoms with Crippen molar-refractivity contribution < 1.29 is 0 Å². The molecule has 0 spiro atoms. The summed E-state index contributed by atoms with van der Waals surface area (Å²) in [5, 5.41) is 0. The number of benzene rings is 1. The third-order valence-corrected chi connectivity index (χ3v) is 3.34. The maximum absolute atomic E-state index is 6.19. The first-order valence-electron chi connectivity index (χ1n) is 4.59. The molecule has 0 bridgehead atoms. The molecule has 0 unspecified atom stereocenters. The number of hydrogen-bond acceptors (Lipinski definition) is 1. The third kappa shape index (κ3) is 1.53. The summed E-state index contributed by atoms with van der Waals surface area (Å²) < 4.78 is 1.17. The molecule has 1 nitrogen and oxygen atoms in total. The monoisotopic (exact) mass is 239 g/mol. The van der Waals surface area contributed by atoms with Gasteiger partial charge in [0, 0.05) is 10.0 Å². The van der Waals surface area contributed by atoms with Crippen LogP contribution in [0.15, 0.2) is 16.6 Å². The summed E-state index contributed by atoms with van der Waals surface area (Å²) in [7, 11) is 0. The van der Waals surface area contributed by atoms with Crippen molar-refractivity contribution in [2.24, 2.45) is 5.73 Å². The highest BCUT2D eigenvalue weighted by molar-refractivity contribution is 9.10. The quantitative estimate of drug-likeness (QED) is 0.802. The zero-order valence-electron chi connectivity index (χ0n) is 8.02. The van der Waals surface area contributed by atoms with Crippen LogP contribution in [0, 0.1) is 13.8 Å². The van der Waals surface area contributed by atoms with Crippen LogP contribution >= 0.6 is 15.9 Å².